The molecule has 6 nitrogen and oxygen atoms in total. The van der Waals surface area contributed by atoms with Crippen molar-refractivity contribution in [3.63, 3.8) is 0 Å². The summed E-state index contributed by atoms with van der Waals surface area (Å²) < 4.78 is 11.2. The second kappa shape index (κ2) is 9.91. The lowest BCUT2D eigenvalue weighted by Gasteiger charge is -2.28. The van der Waals surface area contributed by atoms with Crippen molar-refractivity contribution in [1.82, 2.24) is 0 Å². The fraction of sp³-hybridized carbons (Fsp3) is 0.200. The molecule has 1 saturated heterocycles. The second-order valence-corrected chi connectivity index (χ2v) is 7.24. The highest BCUT2D eigenvalue weighted by Crippen LogP contribution is 2.21. The lowest BCUT2D eigenvalue weighted by atomic mass is 10.1. The zero-order valence-electron chi connectivity index (χ0n) is 17.1. The van der Waals surface area contributed by atoms with Crippen LogP contribution in [0.2, 0.25) is 0 Å². The lowest BCUT2D eigenvalue weighted by molar-refractivity contribution is 0.0696. The number of anilines is 1. The van der Waals surface area contributed by atoms with Crippen LogP contribution in [0.3, 0.4) is 0 Å². The number of carboxylic acids is 1. The number of morpholine rings is 1. The van der Waals surface area contributed by atoms with E-state index in [-0.39, 0.29) is 5.56 Å². The molecule has 0 bridgehead atoms. The molecule has 158 valence electrons. The molecule has 1 N–H and O–H groups in total. The number of benzene rings is 3. The van der Waals surface area contributed by atoms with Crippen molar-refractivity contribution in [1.29, 1.82) is 0 Å². The smallest absolute Gasteiger partial charge is 0.335 e. The van der Waals surface area contributed by atoms with Gasteiger partial charge in [-0.05, 0) is 71.8 Å². The fourth-order valence-electron chi connectivity index (χ4n) is 3.33. The van der Waals surface area contributed by atoms with Crippen LogP contribution in [-0.2, 0) is 11.3 Å². The molecule has 0 saturated carbocycles. The minimum atomic E-state index is -0.943. The summed E-state index contributed by atoms with van der Waals surface area (Å²) >= 11 is 0. The zero-order valence-corrected chi connectivity index (χ0v) is 17.1. The maximum Gasteiger partial charge on any atom is 0.335 e. The van der Waals surface area contributed by atoms with E-state index in [4.69, 9.17) is 14.6 Å². The average molecular weight is 416 g/mol. The number of aromatic carboxylic acids is 1. The van der Waals surface area contributed by atoms with E-state index in [9.17, 15) is 4.79 Å². The molecule has 1 heterocycles. The third-order valence-electron chi connectivity index (χ3n) is 5.05. The Balaban J connectivity index is 1.32. The van der Waals surface area contributed by atoms with Crippen molar-refractivity contribution in [2.24, 2.45) is 4.99 Å². The number of rotatable bonds is 7. The van der Waals surface area contributed by atoms with E-state index in [1.807, 2.05) is 48.7 Å². The van der Waals surface area contributed by atoms with E-state index in [0.29, 0.717) is 12.4 Å². The highest BCUT2D eigenvalue weighted by molar-refractivity contribution is 5.87. The summed E-state index contributed by atoms with van der Waals surface area (Å²) in [7, 11) is 0. The summed E-state index contributed by atoms with van der Waals surface area (Å²) in [5.74, 6) is -0.228. The van der Waals surface area contributed by atoms with Gasteiger partial charge in [0.2, 0.25) is 0 Å². The molecule has 0 spiro atoms. The van der Waals surface area contributed by atoms with E-state index in [2.05, 4.69) is 22.0 Å². The van der Waals surface area contributed by atoms with Crippen LogP contribution >= 0.6 is 0 Å². The van der Waals surface area contributed by atoms with Crippen LogP contribution in [-0.4, -0.2) is 43.6 Å². The van der Waals surface area contributed by atoms with E-state index in [1.165, 1.54) is 5.69 Å². The Morgan fingerprint density at radius 2 is 1.77 bits per heavy atom. The number of carboxylic acid groups (broad SMARTS) is 1. The van der Waals surface area contributed by atoms with E-state index in [1.54, 1.807) is 18.2 Å². The predicted octanol–water partition coefficient (Wildman–Crippen LogP) is 4.55. The maximum absolute atomic E-state index is 11.1. The molecular formula is C25H24N2O4. The molecular weight excluding hydrogens is 392 g/mol. The minimum Gasteiger partial charge on any atom is -0.489 e. The monoisotopic (exact) mass is 416 g/mol. The average Bonchev–Trinajstić information content (AvgIpc) is 2.83. The quantitative estimate of drug-likeness (QED) is 0.572. The van der Waals surface area contributed by atoms with Crippen LogP contribution in [0.4, 0.5) is 11.4 Å². The van der Waals surface area contributed by atoms with Crippen LogP contribution in [0.5, 0.6) is 5.75 Å². The molecule has 0 aromatic heterocycles. The first-order valence-corrected chi connectivity index (χ1v) is 10.2. The SMILES string of the molecule is O=C(O)c1cccc(COc2ccc(C=Nc3ccc(N4CCOCC4)cc3)cc2)c1. The maximum atomic E-state index is 11.1. The number of hydrogen-bond acceptors (Lipinski definition) is 5. The molecule has 4 rings (SSSR count). The molecule has 1 aliphatic heterocycles. The predicted molar refractivity (Wildman–Crippen MR) is 121 cm³/mol. The molecule has 0 unspecified atom stereocenters. The topological polar surface area (TPSA) is 71.4 Å². The van der Waals surface area contributed by atoms with Crippen molar-refractivity contribution in [3.05, 3.63) is 89.5 Å². The molecule has 0 aliphatic carbocycles. The standard InChI is InChI=1S/C25H24N2O4/c28-25(29)21-3-1-2-20(16-21)18-31-24-10-4-19(5-11-24)17-26-22-6-8-23(9-7-22)27-12-14-30-15-13-27/h1-11,16-17H,12-15,18H2,(H,28,29). The summed E-state index contributed by atoms with van der Waals surface area (Å²) in [6, 6.07) is 22.6. The van der Waals surface area contributed by atoms with Gasteiger partial charge in [-0.1, -0.05) is 12.1 Å². The van der Waals surface area contributed by atoms with Crippen LogP contribution in [0.25, 0.3) is 0 Å². The highest BCUT2D eigenvalue weighted by Gasteiger charge is 2.10. The van der Waals surface area contributed by atoms with Gasteiger partial charge in [-0.2, -0.15) is 0 Å². The number of aliphatic imine (C=N–C) groups is 1. The van der Waals surface area contributed by atoms with Crippen LogP contribution in [0, 0.1) is 0 Å². The Morgan fingerprint density at radius 1 is 1.03 bits per heavy atom. The first-order chi connectivity index (χ1) is 15.2. The van der Waals surface area contributed by atoms with Crippen LogP contribution < -0.4 is 9.64 Å². The van der Waals surface area contributed by atoms with Gasteiger partial charge in [0.25, 0.3) is 0 Å². The van der Waals surface area contributed by atoms with Crippen molar-refractivity contribution >= 4 is 23.6 Å². The largest absolute Gasteiger partial charge is 0.489 e. The summed E-state index contributed by atoms with van der Waals surface area (Å²) in [5.41, 5.74) is 4.13. The van der Waals surface area contributed by atoms with Gasteiger partial charge >= 0.3 is 5.97 Å². The van der Waals surface area contributed by atoms with Gasteiger partial charge in [0.15, 0.2) is 0 Å². The number of hydrogen-bond donors (Lipinski definition) is 1. The Hall–Kier alpha value is -3.64. The van der Waals surface area contributed by atoms with Crippen molar-refractivity contribution in [2.45, 2.75) is 6.61 Å². The summed E-state index contributed by atoms with van der Waals surface area (Å²) in [6.45, 7) is 3.69. The molecule has 0 radical (unpaired) electrons. The first-order valence-electron chi connectivity index (χ1n) is 10.2. The van der Waals surface area contributed by atoms with E-state index < -0.39 is 5.97 Å². The zero-order chi connectivity index (χ0) is 21.5. The molecule has 6 heteroatoms. The minimum absolute atomic E-state index is 0.255. The van der Waals surface area contributed by atoms with Gasteiger partial charge in [-0.15, -0.1) is 0 Å². The Kier molecular flexibility index (Phi) is 6.59. The molecule has 31 heavy (non-hydrogen) atoms. The molecule has 0 amide bonds. The van der Waals surface area contributed by atoms with Gasteiger partial charge in [0.1, 0.15) is 12.4 Å². The Morgan fingerprint density at radius 3 is 2.48 bits per heavy atom. The van der Waals surface area contributed by atoms with Crippen molar-refractivity contribution < 1.29 is 19.4 Å². The second-order valence-electron chi connectivity index (χ2n) is 7.24. The van der Waals surface area contributed by atoms with Crippen molar-refractivity contribution in [2.75, 3.05) is 31.2 Å². The van der Waals surface area contributed by atoms with Gasteiger partial charge in [0, 0.05) is 25.0 Å². The Bertz CT molecular complexity index is 1040. The number of carbonyl (C=O) groups is 1. The number of ether oxygens (including phenoxy) is 2. The molecule has 1 aliphatic rings. The van der Waals surface area contributed by atoms with Crippen LogP contribution in [0.1, 0.15) is 21.5 Å². The molecule has 1 fully saturated rings. The Labute approximate surface area is 181 Å². The normalized spacial score (nSPS) is 14.0. The fourth-order valence-corrected chi connectivity index (χ4v) is 3.33. The molecule has 3 aromatic carbocycles. The van der Waals surface area contributed by atoms with Gasteiger partial charge in [-0.25, -0.2) is 4.79 Å². The third-order valence-corrected chi connectivity index (χ3v) is 5.05. The summed E-state index contributed by atoms with van der Waals surface area (Å²) in [5, 5.41) is 9.07. The van der Waals surface area contributed by atoms with Gasteiger partial charge in [0.05, 0.1) is 24.5 Å². The third kappa shape index (κ3) is 5.71. The van der Waals surface area contributed by atoms with E-state index in [0.717, 1.165) is 43.1 Å². The van der Waals surface area contributed by atoms with Gasteiger partial charge in [-0.3, -0.25) is 4.99 Å². The van der Waals surface area contributed by atoms with Crippen LogP contribution in [0.15, 0.2) is 77.8 Å². The van der Waals surface area contributed by atoms with E-state index >= 15 is 0 Å². The highest BCUT2D eigenvalue weighted by atomic mass is 16.5. The first kappa shape index (κ1) is 20.6. The lowest BCUT2D eigenvalue weighted by Crippen LogP contribution is -2.36. The number of nitrogens with zero attached hydrogens (tertiary/aromatic N) is 2. The summed E-state index contributed by atoms with van der Waals surface area (Å²) in [4.78, 5) is 17.9. The summed E-state index contributed by atoms with van der Waals surface area (Å²) in [6.07, 6.45) is 1.82. The van der Waals surface area contributed by atoms with Crippen molar-refractivity contribution in [3.8, 4) is 5.75 Å². The van der Waals surface area contributed by atoms with Gasteiger partial charge < -0.3 is 19.5 Å². The molecule has 3 aromatic rings. The molecule has 0 atom stereocenters.